The summed E-state index contributed by atoms with van der Waals surface area (Å²) in [6.07, 6.45) is 47.4. The standard InChI is InChI=1S/C73H119NO18/c1-3-5-7-9-11-13-15-16-17-18-19-20-21-22-23-24-25-26-27-28-29-30-31-32-33-34-35-36-37-38-39-40-41-43-45-47-49-51-61(79)74-56(57(78)50-48-46-44-42-14-12-10-8-6-4-2)55-87-71-67(85)64(82)69(59(53-76)89-71)92-73-68(86)65(83)70(60(54-77)90-73)91-72-66(84)63(81)62(80)58(52-75)88-72/h5,7,11,13,16-17,19-20,22-23,25-26,28-29,31-32,34-35,37-38,48,50,56-60,62-73,75-78,80-86H,3-4,6,8-10,12,14-15,18,21,24,27,30,33,36,39-47,49,51-55H2,1-2H3,(H,74,79)/b7-5-,13-11-,17-16-,20-19-,23-22-,26-25-,29-28-,32-31-,35-34-,38-37-,50-48+. The second-order valence-corrected chi connectivity index (χ2v) is 23.9. The predicted molar refractivity (Wildman–Crippen MR) is 359 cm³/mol. The van der Waals surface area contributed by atoms with E-state index in [1.807, 2.05) is 6.08 Å². The minimum Gasteiger partial charge on any atom is -0.394 e. The highest BCUT2D eigenvalue weighted by Gasteiger charge is 2.53. The Kier molecular flexibility index (Phi) is 47.4. The van der Waals surface area contributed by atoms with Crippen LogP contribution in [0.1, 0.15) is 187 Å². The maximum Gasteiger partial charge on any atom is 0.220 e. The van der Waals surface area contributed by atoms with Gasteiger partial charge in [0.25, 0.3) is 0 Å². The molecule has 0 aliphatic carbocycles. The second-order valence-electron chi connectivity index (χ2n) is 23.9. The molecule has 12 N–H and O–H groups in total. The molecule has 92 heavy (non-hydrogen) atoms. The van der Waals surface area contributed by atoms with Crippen LogP contribution < -0.4 is 5.32 Å². The van der Waals surface area contributed by atoms with Gasteiger partial charge in [0.1, 0.15) is 73.2 Å². The van der Waals surface area contributed by atoms with Gasteiger partial charge in [0, 0.05) is 6.42 Å². The van der Waals surface area contributed by atoms with Gasteiger partial charge in [-0.25, -0.2) is 0 Å². The highest BCUT2D eigenvalue weighted by Crippen LogP contribution is 2.33. The molecular weight excluding hydrogens is 1180 g/mol. The van der Waals surface area contributed by atoms with Crippen LogP contribution in [0.25, 0.3) is 0 Å². The van der Waals surface area contributed by atoms with E-state index < -0.39 is 124 Å². The molecule has 3 saturated heterocycles. The normalized spacial score (nSPS) is 28.6. The summed E-state index contributed by atoms with van der Waals surface area (Å²) in [5.74, 6) is -0.299. The number of allylic oxidation sites excluding steroid dienone is 21. The summed E-state index contributed by atoms with van der Waals surface area (Å²) >= 11 is 0. The topological polar surface area (TPSA) is 307 Å². The number of ether oxygens (including phenoxy) is 6. The first-order valence-electron chi connectivity index (χ1n) is 34.4. The average Bonchev–Trinajstić information content (AvgIpc) is 0.799. The fraction of sp³-hybridized carbons (Fsp3) is 0.685. The van der Waals surface area contributed by atoms with E-state index in [0.717, 1.165) is 128 Å². The fourth-order valence-electron chi connectivity index (χ4n) is 10.6. The molecule has 0 saturated carbocycles. The van der Waals surface area contributed by atoms with Gasteiger partial charge in [0.05, 0.1) is 38.6 Å². The van der Waals surface area contributed by atoms with Crippen LogP contribution in [0.2, 0.25) is 0 Å². The number of hydrogen-bond donors (Lipinski definition) is 12. The fourth-order valence-corrected chi connectivity index (χ4v) is 10.6. The molecule has 17 atom stereocenters. The van der Waals surface area contributed by atoms with Gasteiger partial charge in [0.15, 0.2) is 18.9 Å². The highest BCUT2D eigenvalue weighted by molar-refractivity contribution is 5.76. The Morgan fingerprint density at radius 2 is 0.750 bits per heavy atom. The molecular formula is C73H119NO18. The third-order valence-electron chi connectivity index (χ3n) is 16.2. The molecule has 17 unspecified atom stereocenters. The number of hydrogen-bond acceptors (Lipinski definition) is 18. The lowest BCUT2D eigenvalue weighted by molar-refractivity contribution is -0.379. The van der Waals surface area contributed by atoms with Crippen molar-refractivity contribution >= 4 is 5.91 Å². The van der Waals surface area contributed by atoms with Crippen molar-refractivity contribution in [1.82, 2.24) is 5.32 Å². The van der Waals surface area contributed by atoms with Crippen molar-refractivity contribution in [1.29, 1.82) is 0 Å². The zero-order valence-corrected chi connectivity index (χ0v) is 55.2. The van der Waals surface area contributed by atoms with Crippen LogP contribution in [-0.2, 0) is 33.2 Å². The summed E-state index contributed by atoms with van der Waals surface area (Å²) in [5.41, 5.74) is 0. The Morgan fingerprint density at radius 3 is 1.17 bits per heavy atom. The number of aliphatic hydroxyl groups is 11. The van der Waals surface area contributed by atoms with Gasteiger partial charge < -0.3 is 89.9 Å². The van der Waals surface area contributed by atoms with Crippen LogP contribution in [0.15, 0.2) is 134 Å². The van der Waals surface area contributed by atoms with E-state index in [-0.39, 0.29) is 18.9 Å². The summed E-state index contributed by atoms with van der Waals surface area (Å²) in [5, 5.41) is 120. The molecule has 1 amide bonds. The average molecular weight is 1300 g/mol. The SMILES string of the molecule is CC/C=C\C/C=C\C/C=C\C/C=C\C/C=C\C/C=C\C/C=C\C/C=C\C/C=C\C/C=C\CCCCCCCCC(=O)NC(COC1OC(CO)C(OC2OC(CO)C(OC3OC(CO)C(O)C(O)C3O)C(O)C2O)C(O)C1O)C(O)/C=C/CCCCCCCCCC. The van der Waals surface area contributed by atoms with Crippen LogP contribution in [0.4, 0.5) is 0 Å². The molecule has 0 bridgehead atoms. The van der Waals surface area contributed by atoms with Gasteiger partial charge in [-0.1, -0.05) is 218 Å². The molecule has 0 aromatic carbocycles. The monoisotopic (exact) mass is 1300 g/mol. The van der Waals surface area contributed by atoms with Crippen LogP contribution >= 0.6 is 0 Å². The molecule has 0 radical (unpaired) electrons. The van der Waals surface area contributed by atoms with Crippen LogP contribution in [0.5, 0.6) is 0 Å². The Labute approximate surface area is 550 Å². The van der Waals surface area contributed by atoms with E-state index >= 15 is 0 Å². The minimum absolute atomic E-state index is 0.217. The number of carbonyl (C=O) groups excluding carboxylic acids is 1. The lowest BCUT2D eigenvalue weighted by Crippen LogP contribution is -2.66. The highest BCUT2D eigenvalue weighted by atomic mass is 16.8. The molecule has 19 nitrogen and oxygen atoms in total. The lowest BCUT2D eigenvalue weighted by atomic mass is 9.96. The number of carbonyl (C=O) groups is 1. The smallest absolute Gasteiger partial charge is 0.220 e. The number of amides is 1. The van der Waals surface area contributed by atoms with Crippen molar-refractivity contribution in [2.24, 2.45) is 0 Å². The molecule has 0 aromatic heterocycles. The van der Waals surface area contributed by atoms with E-state index in [2.05, 4.69) is 141 Å². The number of rotatable bonds is 50. The zero-order chi connectivity index (χ0) is 66.8. The van der Waals surface area contributed by atoms with E-state index in [0.29, 0.717) is 6.42 Å². The molecule has 0 spiro atoms. The minimum atomic E-state index is -1.98. The molecule has 3 aliphatic heterocycles. The van der Waals surface area contributed by atoms with Crippen molar-refractivity contribution in [3.8, 4) is 0 Å². The van der Waals surface area contributed by atoms with Crippen LogP contribution in [-0.4, -0.2) is 193 Å². The molecule has 19 heteroatoms. The third-order valence-corrected chi connectivity index (χ3v) is 16.2. The molecule has 3 heterocycles. The van der Waals surface area contributed by atoms with E-state index in [4.69, 9.17) is 28.4 Å². The first-order valence-corrected chi connectivity index (χ1v) is 34.4. The Morgan fingerprint density at radius 1 is 0.402 bits per heavy atom. The lowest BCUT2D eigenvalue weighted by Gasteiger charge is -2.48. The largest absolute Gasteiger partial charge is 0.394 e. The van der Waals surface area contributed by atoms with Crippen molar-refractivity contribution in [3.05, 3.63) is 134 Å². The maximum absolute atomic E-state index is 13.3. The summed E-state index contributed by atoms with van der Waals surface area (Å²) in [6.45, 7) is 1.54. The van der Waals surface area contributed by atoms with Crippen LogP contribution in [0, 0.1) is 0 Å². The van der Waals surface area contributed by atoms with E-state index in [9.17, 15) is 61.0 Å². The first-order chi connectivity index (χ1) is 44.8. The zero-order valence-electron chi connectivity index (χ0n) is 55.2. The molecule has 3 aliphatic rings. The van der Waals surface area contributed by atoms with Gasteiger partial charge in [0.2, 0.25) is 5.91 Å². The van der Waals surface area contributed by atoms with Gasteiger partial charge >= 0.3 is 0 Å². The first kappa shape index (κ1) is 82.2. The Hall–Kier alpha value is -4.07. The van der Waals surface area contributed by atoms with E-state index in [1.165, 1.54) is 32.1 Å². The van der Waals surface area contributed by atoms with Gasteiger partial charge in [-0.2, -0.15) is 0 Å². The predicted octanol–water partition coefficient (Wildman–Crippen LogP) is 8.99. The van der Waals surface area contributed by atoms with Crippen molar-refractivity contribution < 1.29 is 89.4 Å². The van der Waals surface area contributed by atoms with Gasteiger partial charge in [-0.05, 0) is 96.3 Å². The molecule has 3 rings (SSSR count). The van der Waals surface area contributed by atoms with Gasteiger partial charge in [-0.15, -0.1) is 0 Å². The summed E-state index contributed by atoms with van der Waals surface area (Å²) < 4.78 is 34.2. The molecule has 0 aromatic rings. The molecule has 524 valence electrons. The van der Waals surface area contributed by atoms with Crippen LogP contribution in [0.3, 0.4) is 0 Å². The number of unbranched alkanes of at least 4 members (excludes halogenated alkanes) is 14. The summed E-state index contributed by atoms with van der Waals surface area (Å²) in [4.78, 5) is 13.3. The van der Waals surface area contributed by atoms with Crippen molar-refractivity contribution in [2.45, 2.75) is 291 Å². The molecule has 3 fully saturated rings. The van der Waals surface area contributed by atoms with Crippen molar-refractivity contribution in [3.63, 3.8) is 0 Å². The summed E-state index contributed by atoms with van der Waals surface area (Å²) in [6, 6.07) is -0.989. The second kappa shape index (κ2) is 53.1. The van der Waals surface area contributed by atoms with Gasteiger partial charge in [-0.3, -0.25) is 4.79 Å². The number of aliphatic hydroxyl groups excluding tert-OH is 11. The van der Waals surface area contributed by atoms with Crippen molar-refractivity contribution in [2.75, 3.05) is 26.4 Å². The Bertz CT molecular complexity index is 2190. The maximum atomic E-state index is 13.3. The van der Waals surface area contributed by atoms with E-state index in [1.54, 1.807) is 6.08 Å². The summed E-state index contributed by atoms with van der Waals surface area (Å²) in [7, 11) is 0. The third kappa shape index (κ3) is 34.6. The quantitative estimate of drug-likeness (QED) is 0.0200. The number of nitrogens with one attached hydrogen (secondary N) is 1. The Balaban J connectivity index is 1.35.